The van der Waals surface area contributed by atoms with E-state index in [4.69, 9.17) is 4.74 Å². The fraction of sp³-hybridized carbons (Fsp3) is 0.143. The van der Waals surface area contributed by atoms with E-state index in [1.165, 1.54) is 7.11 Å². The van der Waals surface area contributed by atoms with Crippen molar-refractivity contribution in [1.82, 2.24) is 20.6 Å². The minimum absolute atomic E-state index is 0.269. The molecule has 7 nitrogen and oxygen atoms in total. The van der Waals surface area contributed by atoms with Crippen molar-refractivity contribution in [3.05, 3.63) is 95.6 Å². The third kappa shape index (κ3) is 4.99. The first-order chi connectivity index (χ1) is 13.7. The zero-order valence-corrected chi connectivity index (χ0v) is 15.3. The number of benzene rings is 1. The number of nitrogens with zero attached hydrogens (tertiary/aromatic N) is 2. The number of pyridine rings is 2. The lowest BCUT2D eigenvalue weighted by atomic mass is 10.1. The summed E-state index contributed by atoms with van der Waals surface area (Å²) in [7, 11) is 1.50. The van der Waals surface area contributed by atoms with Crippen LogP contribution >= 0.6 is 0 Å². The second-order valence-electron chi connectivity index (χ2n) is 6.00. The minimum atomic E-state index is -0.635. The molecule has 0 fully saturated rings. The molecule has 0 radical (unpaired) electrons. The van der Waals surface area contributed by atoms with Gasteiger partial charge in [-0.25, -0.2) is 0 Å². The molecule has 3 aromatic rings. The summed E-state index contributed by atoms with van der Waals surface area (Å²) in [6, 6.07) is 13.8. The van der Waals surface area contributed by atoms with Crippen LogP contribution in [0.15, 0.2) is 73.3 Å². The lowest BCUT2D eigenvalue weighted by Crippen LogP contribution is -2.30. The van der Waals surface area contributed by atoms with Gasteiger partial charge >= 0.3 is 0 Å². The monoisotopic (exact) mass is 376 g/mol. The average Bonchev–Trinajstić information content (AvgIpc) is 2.77. The van der Waals surface area contributed by atoms with Crippen LogP contribution in [0.4, 0.5) is 0 Å². The predicted octanol–water partition coefficient (Wildman–Crippen LogP) is 2.48. The number of ether oxygens (including phenoxy) is 1. The summed E-state index contributed by atoms with van der Waals surface area (Å²) in [6.07, 6.45) is 5.99. The largest absolute Gasteiger partial charge is 0.357 e. The number of rotatable bonds is 7. The summed E-state index contributed by atoms with van der Waals surface area (Å²) < 4.78 is 5.34. The molecular weight excluding hydrogens is 356 g/mol. The molecule has 1 unspecified atom stereocenters. The fourth-order valence-corrected chi connectivity index (χ4v) is 2.60. The Morgan fingerprint density at radius 2 is 1.68 bits per heavy atom. The van der Waals surface area contributed by atoms with Gasteiger partial charge < -0.3 is 15.4 Å². The third-order valence-electron chi connectivity index (χ3n) is 4.05. The molecule has 0 spiro atoms. The van der Waals surface area contributed by atoms with E-state index in [2.05, 4.69) is 20.6 Å². The number of hydrogen-bond acceptors (Lipinski definition) is 5. The van der Waals surface area contributed by atoms with E-state index in [0.29, 0.717) is 17.7 Å². The first-order valence-corrected chi connectivity index (χ1v) is 8.68. The molecule has 3 rings (SSSR count). The number of methoxy groups -OCH3 is 1. The summed E-state index contributed by atoms with van der Waals surface area (Å²) in [4.78, 5) is 33.0. The van der Waals surface area contributed by atoms with Crippen LogP contribution in [0.2, 0.25) is 0 Å². The Bertz CT molecular complexity index is 933. The zero-order valence-electron chi connectivity index (χ0n) is 15.3. The van der Waals surface area contributed by atoms with Gasteiger partial charge in [0.15, 0.2) is 6.23 Å². The molecule has 0 aliphatic carbocycles. The Labute approximate surface area is 162 Å². The smallest absolute Gasteiger partial charge is 0.253 e. The second-order valence-corrected chi connectivity index (χ2v) is 6.00. The fourth-order valence-electron chi connectivity index (χ4n) is 2.60. The Hall–Kier alpha value is -3.58. The molecule has 0 aliphatic rings. The Morgan fingerprint density at radius 1 is 0.964 bits per heavy atom. The van der Waals surface area contributed by atoms with Crippen molar-refractivity contribution in [1.29, 1.82) is 0 Å². The molecular formula is C21H20N4O3. The lowest BCUT2D eigenvalue weighted by Gasteiger charge is -2.17. The van der Waals surface area contributed by atoms with Crippen molar-refractivity contribution >= 4 is 11.8 Å². The van der Waals surface area contributed by atoms with Crippen molar-refractivity contribution in [3.63, 3.8) is 0 Å². The van der Waals surface area contributed by atoms with E-state index >= 15 is 0 Å². The van der Waals surface area contributed by atoms with Gasteiger partial charge in [0, 0.05) is 55.1 Å². The normalized spacial score (nSPS) is 11.5. The van der Waals surface area contributed by atoms with Gasteiger partial charge in [0.25, 0.3) is 11.8 Å². The van der Waals surface area contributed by atoms with Crippen LogP contribution in [0, 0.1) is 0 Å². The summed E-state index contributed by atoms with van der Waals surface area (Å²) in [5.41, 5.74) is 2.37. The first-order valence-electron chi connectivity index (χ1n) is 8.68. The summed E-state index contributed by atoms with van der Waals surface area (Å²) in [6.45, 7) is 0.357. The highest BCUT2D eigenvalue weighted by molar-refractivity contribution is 5.99. The quantitative estimate of drug-likeness (QED) is 0.618. The number of carbonyl (C=O) groups excluding carboxylic acids is 2. The molecule has 1 aromatic carbocycles. The third-order valence-corrected chi connectivity index (χ3v) is 4.05. The minimum Gasteiger partial charge on any atom is -0.357 e. The number of amides is 2. The van der Waals surface area contributed by atoms with E-state index < -0.39 is 6.23 Å². The van der Waals surface area contributed by atoms with Gasteiger partial charge in [-0.1, -0.05) is 18.2 Å². The van der Waals surface area contributed by atoms with Crippen LogP contribution in [-0.2, 0) is 11.3 Å². The molecule has 0 aliphatic heterocycles. The maximum absolute atomic E-state index is 12.6. The summed E-state index contributed by atoms with van der Waals surface area (Å²) >= 11 is 0. The van der Waals surface area contributed by atoms with Crippen LogP contribution in [0.3, 0.4) is 0 Å². The topological polar surface area (TPSA) is 93.2 Å². The van der Waals surface area contributed by atoms with Gasteiger partial charge in [-0.2, -0.15) is 0 Å². The van der Waals surface area contributed by atoms with Gasteiger partial charge in [0.2, 0.25) is 0 Å². The summed E-state index contributed by atoms with van der Waals surface area (Å²) in [5.74, 6) is -0.619. The molecule has 2 N–H and O–H groups in total. The van der Waals surface area contributed by atoms with Crippen molar-refractivity contribution < 1.29 is 14.3 Å². The van der Waals surface area contributed by atoms with Crippen LogP contribution < -0.4 is 10.6 Å². The van der Waals surface area contributed by atoms with Crippen LogP contribution in [-0.4, -0.2) is 28.9 Å². The molecule has 0 saturated heterocycles. The number of aromatic nitrogens is 2. The van der Waals surface area contributed by atoms with Crippen LogP contribution in [0.1, 0.15) is 38.1 Å². The predicted molar refractivity (Wildman–Crippen MR) is 103 cm³/mol. The number of hydrogen-bond donors (Lipinski definition) is 2. The van der Waals surface area contributed by atoms with E-state index in [-0.39, 0.29) is 11.8 Å². The molecule has 142 valence electrons. The van der Waals surface area contributed by atoms with Gasteiger partial charge in [-0.15, -0.1) is 0 Å². The molecule has 2 aromatic heterocycles. The van der Waals surface area contributed by atoms with E-state index in [9.17, 15) is 9.59 Å². The van der Waals surface area contributed by atoms with Gasteiger partial charge in [-0.3, -0.25) is 19.6 Å². The number of nitrogens with one attached hydrogen (secondary N) is 2. The van der Waals surface area contributed by atoms with Crippen LogP contribution in [0.25, 0.3) is 0 Å². The van der Waals surface area contributed by atoms with Crippen molar-refractivity contribution in [2.75, 3.05) is 7.11 Å². The molecule has 1 atom stereocenters. The maximum Gasteiger partial charge on any atom is 0.253 e. The van der Waals surface area contributed by atoms with Crippen LogP contribution in [0.5, 0.6) is 0 Å². The van der Waals surface area contributed by atoms with Crippen molar-refractivity contribution in [2.45, 2.75) is 12.8 Å². The van der Waals surface area contributed by atoms with Gasteiger partial charge in [-0.05, 0) is 35.9 Å². The second kappa shape index (κ2) is 9.38. The van der Waals surface area contributed by atoms with E-state index in [1.54, 1.807) is 61.2 Å². The highest BCUT2D eigenvalue weighted by Gasteiger charge is 2.16. The number of carbonyl (C=O) groups is 2. The van der Waals surface area contributed by atoms with E-state index in [1.807, 2.05) is 12.1 Å². The zero-order chi connectivity index (χ0) is 19.8. The van der Waals surface area contributed by atoms with Gasteiger partial charge in [0.05, 0.1) is 0 Å². The Morgan fingerprint density at radius 3 is 2.32 bits per heavy atom. The molecule has 28 heavy (non-hydrogen) atoms. The molecule has 7 heteroatoms. The first kappa shape index (κ1) is 19.2. The summed E-state index contributed by atoms with van der Waals surface area (Å²) in [5, 5.41) is 5.60. The molecule has 0 bridgehead atoms. The molecule has 0 saturated carbocycles. The Balaban J connectivity index is 1.66. The highest BCUT2D eigenvalue weighted by atomic mass is 16.5. The maximum atomic E-state index is 12.6. The SMILES string of the molecule is COC(NC(=O)c1cccc(C(=O)NCc2cccnc2)c1)c1cccnc1. The Kier molecular flexibility index (Phi) is 6.43. The van der Waals surface area contributed by atoms with Gasteiger partial charge in [0.1, 0.15) is 0 Å². The molecule has 2 heterocycles. The standard InChI is InChI=1S/C21H20N4O3/c1-28-21(18-8-4-10-23-14-18)25-20(27)17-7-2-6-16(11-17)19(26)24-13-15-5-3-9-22-12-15/h2-12,14,21H,13H2,1H3,(H,24,26)(H,25,27). The van der Waals surface area contributed by atoms with Crippen molar-refractivity contribution in [3.8, 4) is 0 Å². The highest BCUT2D eigenvalue weighted by Crippen LogP contribution is 2.14. The van der Waals surface area contributed by atoms with E-state index in [0.717, 1.165) is 11.1 Å². The van der Waals surface area contributed by atoms with Crippen molar-refractivity contribution in [2.24, 2.45) is 0 Å². The average molecular weight is 376 g/mol. The lowest BCUT2D eigenvalue weighted by molar-refractivity contribution is 0.0573. The molecule has 2 amide bonds.